The monoisotopic (exact) mass is 231 g/mol. The Morgan fingerprint density at radius 2 is 2.12 bits per heavy atom. The second-order valence-electron chi connectivity index (χ2n) is 4.17. The summed E-state index contributed by atoms with van der Waals surface area (Å²) in [5, 5.41) is 10.5. The average Bonchev–Trinajstić information content (AvgIpc) is 2.38. The summed E-state index contributed by atoms with van der Waals surface area (Å²) in [7, 11) is 0. The van der Waals surface area contributed by atoms with E-state index in [1.165, 1.54) is 5.56 Å². The number of nitrogens with zero attached hydrogens (tertiary/aromatic N) is 1. The largest absolute Gasteiger partial charge is 0.396 e. The molecule has 0 aliphatic carbocycles. The molecule has 90 valence electrons. The van der Waals surface area contributed by atoms with Crippen LogP contribution in [0.1, 0.15) is 18.9 Å². The Morgan fingerprint density at radius 1 is 1.29 bits per heavy atom. The lowest BCUT2D eigenvalue weighted by atomic mass is 10.1. The van der Waals surface area contributed by atoms with Gasteiger partial charge < -0.3 is 9.67 Å². The molecule has 17 heavy (non-hydrogen) atoms. The minimum absolute atomic E-state index is 0.0336. The summed E-state index contributed by atoms with van der Waals surface area (Å²) in [5.74, 6) is 0. The van der Waals surface area contributed by atoms with E-state index in [2.05, 4.69) is 13.0 Å². The summed E-state index contributed by atoms with van der Waals surface area (Å²) in [6.07, 6.45) is 3.34. The number of aromatic nitrogens is 1. The number of aliphatic hydroxyl groups is 1. The summed E-state index contributed by atoms with van der Waals surface area (Å²) >= 11 is 0. The Bertz CT molecular complexity index is 572. The summed E-state index contributed by atoms with van der Waals surface area (Å²) in [4.78, 5) is 12.2. The first-order chi connectivity index (χ1) is 8.26. The lowest BCUT2D eigenvalue weighted by Gasteiger charge is -2.07. The highest BCUT2D eigenvalue weighted by Gasteiger charge is 2.03. The molecule has 0 bridgehead atoms. The van der Waals surface area contributed by atoms with E-state index in [4.69, 9.17) is 5.11 Å². The normalized spacial score (nSPS) is 10.9. The fraction of sp³-hybridized carbons (Fsp3) is 0.357. The molecule has 1 aromatic carbocycles. The van der Waals surface area contributed by atoms with E-state index < -0.39 is 0 Å². The van der Waals surface area contributed by atoms with Crippen molar-refractivity contribution in [1.29, 1.82) is 0 Å². The number of hydrogen-bond donors (Lipinski definition) is 1. The quantitative estimate of drug-likeness (QED) is 0.873. The van der Waals surface area contributed by atoms with Crippen molar-refractivity contribution in [1.82, 2.24) is 4.57 Å². The van der Waals surface area contributed by atoms with E-state index in [1.54, 1.807) is 10.8 Å². The molecule has 2 aromatic rings. The van der Waals surface area contributed by atoms with Crippen LogP contribution in [-0.2, 0) is 13.0 Å². The van der Waals surface area contributed by atoms with Crippen molar-refractivity contribution >= 4 is 10.8 Å². The van der Waals surface area contributed by atoms with E-state index >= 15 is 0 Å². The molecular formula is C14H17NO2. The third kappa shape index (κ3) is 2.39. The first-order valence-corrected chi connectivity index (χ1v) is 5.99. The zero-order valence-electron chi connectivity index (χ0n) is 10.0. The first-order valence-electron chi connectivity index (χ1n) is 5.99. The Kier molecular flexibility index (Phi) is 3.59. The predicted molar refractivity (Wildman–Crippen MR) is 69.3 cm³/mol. The maximum Gasteiger partial charge on any atom is 0.258 e. The van der Waals surface area contributed by atoms with Crippen LogP contribution in [0.25, 0.3) is 10.8 Å². The van der Waals surface area contributed by atoms with Crippen molar-refractivity contribution in [3.63, 3.8) is 0 Å². The molecule has 0 radical (unpaired) electrons. The summed E-state index contributed by atoms with van der Waals surface area (Å²) in [5.41, 5.74) is 1.21. The number of aliphatic hydroxyl groups excluding tert-OH is 1. The summed E-state index contributed by atoms with van der Waals surface area (Å²) in [6, 6.07) is 7.96. The van der Waals surface area contributed by atoms with Crippen LogP contribution < -0.4 is 5.56 Å². The van der Waals surface area contributed by atoms with Gasteiger partial charge in [-0.2, -0.15) is 0 Å². The van der Waals surface area contributed by atoms with Gasteiger partial charge in [0, 0.05) is 24.7 Å². The molecule has 3 heteroatoms. The molecule has 0 amide bonds. The molecule has 0 aliphatic rings. The Morgan fingerprint density at radius 3 is 2.82 bits per heavy atom. The maximum atomic E-state index is 12.2. The fourth-order valence-electron chi connectivity index (χ4n) is 1.96. The Hall–Kier alpha value is -1.61. The Balaban J connectivity index is 2.52. The summed E-state index contributed by atoms with van der Waals surface area (Å²) < 4.78 is 1.66. The number of benzene rings is 1. The van der Waals surface area contributed by atoms with Gasteiger partial charge in [-0.15, -0.1) is 0 Å². The molecule has 0 fully saturated rings. The van der Waals surface area contributed by atoms with Gasteiger partial charge >= 0.3 is 0 Å². The first kappa shape index (κ1) is 11.9. The Labute approximate surface area is 100 Å². The van der Waals surface area contributed by atoms with Gasteiger partial charge in [0.1, 0.15) is 0 Å². The van der Waals surface area contributed by atoms with Crippen LogP contribution in [0.5, 0.6) is 0 Å². The van der Waals surface area contributed by atoms with Gasteiger partial charge in [0.2, 0.25) is 0 Å². The summed E-state index contributed by atoms with van der Waals surface area (Å²) in [6.45, 7) is 2.76. The van der Waals surface area contributed by atoms with Gasteiger partial charge in [0.15, 0.2) is 0 Å². The van der Waals surface area contributed by atoms with Crippen molar-refractivity contribution in [2.45, 2.75) is 26.3 Å². The molecule has 3 nitrogen and oxygen atoms in total. The molecule has 2 rings (SSSR count). The van der Waals surface area contributed by atoms with Crippen molar-refractivity contribution in [3.8, 4) is 0 Å². The molecule has 1 aromatic heterocycles. The van der Waals surface area contributed by atoms with Gasteiger partial charge in [-0.3, -0.25) is 4.79 Å². The number of hydrogen-bond acceptors (Lipinski definition) is 2. The predicted octanol–water partition coefficient (Wildman–Crippen LogP) is 1.95. The standard InChI is InChI=1S/C14H17NO2/c1-2-11-4-5-12-6-8-15(7-3-9-16)14(17)13(12)10-11/h4-6,8,10,16H,2-3,7,9H2,1H3. The van der Waals surface area contributed by atoms with Crippen molar-refractivity contribution < 1.29 is 5.11 Å². The fourth-order valence-corrected chi connectivity index (χ4v) is 1.96. The van der Waals surface area contributed by atoms with E-state index in [-0.39, 0.29) is 12.2 Å². The van der Waals surface area contributed by atoms with Crippen molar-refractivity contribution in [3.05, 3.63) is 46.4 Å². The lowest BCUT2D eigenvalue weighted by Crippen LogP contribution is -2.20. The minimum Gasteiger partial charge on any atom is -0.396 e. The highest BCUT2D eigenvalue weighted by Crippen LogP contribution is 2.12. The van der Waals surface area contributed by atoms with Crippen LogP contribution in [0.3, 0.4) is 0 Å². The van der Waals surface area contributed by atoms with E-state index in [9.17, 15) is 4.79 Å². The molecule has 0 spiro atoms. The topological polar surface area (TPSA) is 42.2 Å². The van der Waals surface area contributed by atoms with Crippen LogP contribution in [-0.4, -0.2) is 16.3 Å². The number of rotatable bonds is 4. The molecule has 1 heterocycles. The molecule has 0 saturated heterocycles. The van der Waals surface area contributed by atoms with Crippen molar-refractivity contribution in [2.75, 3.05) is 6.61 Å². The number of pyridine rings is 1. The zero-order valence-corrected chi connectivity index (χ0v) is 10.0. The second-order valence-corrected chi connectivity index (χ2v) is 4.17. The molecule has 0 atom stereocenters. The van der Waals surface area contributed by atoms with E-state index in [0.717, 1.165) is 17.2 Å². The van der Waals surface area contributed by atoms with Crippen LogP contribution >= 0.6 is 0 Å². The second kappa shape index (κ2) is 5.15. The molecular weight excluding hydrogens is 214 g/mol. The van der Waals surface area contributed by atoms with Gasteiger partial charge in [-0.1, -0.05) is 19.1 Å². The molecule has 0 saturated carbocycles. The minimum atomic E-state index is 0.0336. The van der Waals surface area contributed by atoms with E-state index in [0.29, 0.717) is 13.0 Å². The average molecular weight is 231 g/mol. The van der Waals surface area contributed by atoms with Crippen LogP contribution in [0.2, 0.25) is 0 Å². The van der Waals surface area contributed by atoms with Gasteiger partial charge in [0.25, 0.3) is 5.56 Å². The number of aryl methyl sites for hydroxylation is 2. The third-order valence-corrected chi connectivity index (χ3v) is 3.01. The maximum absolute atomic E-state index is 12.2. The zero-order chi connectivity index (χ0) is 12.3. The SMILES string of the molecule is CCc1ccc2ccn(CCCO)c(=O)c2c1. The van der Waals surface area contributed by atoms with Gasteiger partial charge in [-0.05, 0) is 35.9 Å². The number of fused-ring (bicyclic) bond motifs is 1. The smallest absolute Gasteiger partial charge is 0.258 e. The van der Waals surface area contributed by atoms with Crippen LogP contribution in [0, 0.1) is 0 Å². The van der Waals surface area contributed by atoms with E-state index in [1.807, 2.05) is 18.2 Å². The van der Waals surface area contributed by atoms with Crippen LogP contribution in [0.15, 0.2) is 35.3 Å². The van der Waals surface area contributed by atoms with Crippen molar-refractivity contribution in [2.24, 2.45) is 0 Å². The third-order valence-electron chi connectivity index (χ3n) is 3.01. The van der Waals surface area contributed by atoms with Crippen LogP contribution in [0.4, 0.5) is 0 Å². The molecule has 0 aliphatic heterocycles. The highest BCUT2D eigenvalue weighted by atomic mass is 16.3. The van der Waals surface area contributed by atoms with Gasteiger partial charge in [0.05, 0.1) is 0 Å². The van der Waals surface area contributed by atoms with Gasteiger partial charge in [-0.25, -0.2) is 0 Å². The molecule has 0 unspecified atom stereocenters. The lowest BCUT2D eigenvalue weighted by molar-refractivity contribution is 0.279. The highest BCUT2D eigenvalue weighted by molar-refractivity contribution is 5.82. The molecule has 1 N–H and O–H groups in total.